The Morgan fingerprint density at radius 3 is 1.81 bits per heavy atom. The van der Waals surface area contributed by atoms with Crippen LogP contribution in [0, 0.1) is 0 Å². The van der Waals surface area contributed by atoms with Gasteiger partial charge in [-0.25, -0.2) is 4.98 Å². The molecule has 0 aliphatic carbocycles. The van der Waals surface area contributed by atoms with Gasteiger partial charge < -0.3 is 4.57 Å². The molecule has 2 heteroatoms. The van der Waals surface area contributed by atoms with E-state index in [1.807, 2.05) is 6.20 Å². The summed E-state index contributed by atoms with van der Waals surface area (Å²) in [5, 5.41) is 0. The minimum atomic E-state index is -0.0169. The topological polar surface area (TPSA) is 17.8 Å². The SMILES string of the molecule is CCCCCCCCCCCCCCn1ccnc1C(CC)C(C)(Cc1ccccc1)c1ccccc1. The average Bonchev–Trinajstić information content (AvgIpc) is 3.38. The van der Waals surface area contributed by atoms with Crippen molar-refractivity contribution < 1.29 is 0 Å². The molecule has 37 heavy (non-hydrogen) atoms. The van der Waals surface area contributed by atoms with E-state index in [9.17, 15) is 0 Å². The molecule has 0 aliphatic heterocycles. The molecule has 0 aliphatic rings. The molecule has 2 unspecified atom stereocenters. The first-order valence-corrected chi connectivity index (χ1v) is 15.3. The van der Waals surface area contributed by atoms with Gasteiger partial charge in [-0.1, -0.05) is 152 Å². The van der Waals surface area contributed by atoms with E-state index in [0.717, 1.165) is 19.4 Å². The lowest BCUT2D eigenvalue weighted by Crippen LogP contribution is -2.34. The van der Waals surface area contributed by atoms with Crippen molar-refractivity contribution >= 4 is 0 Å². The van der Waals surface area contributed by atoms with Crippen LogP contribution in [0.2, 0.25) is 0 Å². The molecule has 202 valence electrons. The summed E-state index contributed by atoms with van der Waals surface area (Å²) in [6.45, 7) is 8.16. The van der Waals surface area contributed by atoms with Crippen LogP contribution in [-0.4, -0.2) is 9.55 Å². The van der Waals surface area contributed by atoms with Gasteiger partial charge >= 0.3 is 0 Å². The fourth-order valence-corrected chi connectivity index (χ4v) is 6.13. The van der Waals surface area contributed by atoms with Crippen LogP contribution in [0.15, 0.2) is 73.1 Å². The lowest BCUT2D eigenvalue weighted by Gasteiger charge is -2.38. The highest BCUT2D eigenvalue weighted by molar-refractivity contribution is 5.33. The minimum Gasteiger partial charge on any atom is -0.335 e. The quantitative estimate of drug-likeness (QED) is 0.150. The predicted octanol–water partition coefficient (Wildman–Crippen LogP) is 10.3. The summed E-state index contributed by atoms with van der Waals surface area (Å²) in [7, 11) is 0. The van der Waals surface area contributed by atoms with E-state index in [1.165, 1.54) is 94.0 Å². The number of rotatable bonds is 19. The Kier molecular flexibility index (Phi) is 13.0. The van der Waals surface area contributed by atoms with Crippen LogP contribution in [0.3, 0.4) is 0 Å². The van der Waals surface area contributed by atoms with Crippen LogP contribution >= 0.6 is 0 Å². The monoisotopic (exact) mass is 500 g/mol. The summed E-state index contributed by atoms with van der Waals surface area (Å²) in [6, 6.07) is 22.1. The number of benzene rings is 2. The molecule has 1 heterocycles. The smallest absolute Gasteiger partial charge is 0.112 e. The van der Waals surface area contributed by atoms with E-state index in [1.54, 1.807) is 0 Å². The first-order valence-electron chi connectivity index (χ1n) is 15.3. The van der Waals surface area contributed by atoms with Gasteiger partial charge in [0, 0.05) is 30.3 Å². The Morgan fingerprint density at radius 2 is 1.24 bits per heavy atom. The maximum Gasteiger partial charge on any atom is 0.112 e. The zero-order chi connectivity index (χ0) is 26.2. The van der Waals surface area contributed by atoms with Crippen molar-refractivity contribution in [2.24, 2.45) is 0 Å². The number of imidazole rings is 1. The lowest BCUT2D eigenvalue weighted by molar-refractivity contribution is 0.338. The van der Waals surface area contributed by atoms with E-state index in [0.29, 0.717) is 5.92 Å². The molecular weight excluding hydrogens is 448 g/mol. The maximum absolute atomic E-state index is 4.96. The maximum atomic E-state index is 4.96. The van der Waals surface area contributed by atoms with Gasteiger partial charge in [-0.05, 0) is 30.4 Å². The zero-order valence-corrected chi connectivity index (χ0v) is 24.0. The zero-order valence-electron chi connectivity index (χ0n) is 24.0. The summed E-state index contributed by atoms with van der Waals surface area (Å²) >= 11 is 0. The predicted molar refractivity (Wildman–Crippen MR) is 160 cm³/mol. The van der Waals surface area contributed by atoms with Crippen molar-refractivity contribution in [1.82, 2.24) is 9.55 Å². The van der Waals surface area contributed by atoms with Crippen LogP contribution in [0.1, 0.15) is 127 Å². The third-order valence-electron chi connectivity index (χ3n) is 8.34. The second kappa shape index (κ2) is 16.5. The molecule has 0 amide bonds. The van der Waals surface area contributed by atoms with Gasteiger partial charge in [0.2, 0.25) is 0 Å². The molecule has 2 nitrogen and oxygen atoms in total. The lowest BCUT2D eigenvalue weighted by atomic mass is 9.66. The molecule has 0 spiro atoms. The molecule has 2 atom stereocenters. The Morgan fingerprint density at radius 1 is 0.703 bits per heavy atom. The third-order valence-corrected chi connectivity index (χ3v) is 8.34. The number of aromatic nitrogens is 2. The van der Waals surface area contributed by atoms with Crippen molar-refractivity contribution in [3.05, 3.63) is 90.0 Å². The van der Waals surface area contributed by atoms with Gasteiger partial charge in [0.25, 0.3) is 0 Å². The molecule has 2 aromatic carbocycles. The van der Waals surface area contributed by atoms with Crippen LogP contribution in [0.25, 0.3) is 0 Å². The van der Waals surface area contributed by atoms with Crippen LogP contribution < -0.4 is 0 Å². The molecule has 0 saturated heterocycles. The normalized spacial score (nSPS) is 13.9. The fourth-order valence-electron chi connectivity index (χ4n) is 6.13. The largest absolute Gasteiger partial charge is 0.335 e. The number of aryl methyl sites for hydroxylation is 1. The van der Waals surface area contributed by atoms with E-state index < -0.39 is 0 Å². The Balaban J connectivity index is 1.54. The summed E-state index contributed by atoms with van der Waals surface area (Å²) in [4.78, 5) is 4.96. The van der Waals surface area contributed by atoms with Crippen LogP contribution in [0.5, 0.6) is 0 Å². The van der Waals surface area contributed by atoms with E-state index in [-0.39, 0.29) is 5.41 Å². The van der Waals surface area contributed by atoms with Crippen LogP contribution in [0.4, 0.5) is 0 Å². The molecule has 0 fully saturated rings. The molecule has 0 saturated carbocycles. The first kappa shape index (κ1) is 29.2. The Labute approximate surface area is 227 Å². The van der Waals surface area contributed by atoms with Crippen molar-refractivity contribution in [2.45, 2.75) is 129 Å². The third kappa shape index (κ3) is 9.16. The summed E-state index contributed by atoms with van der Waals surface area (Å²) < 4.78 is 2.46. The van der Waals surface area contributed by atoms with Gasteiger partial charge in [0.15, 0.2) is 0 Å². The molecule has 3 aromatic rings. The summed E-state index contributed by atoms with van der Waals surface area (Å²) in [6.07, 6.45) is 23.0. The average molecular weight is 501 g/mol. The molecule has 0 bridgehead atoms. The molecular formula is C35H52N2. The Hall–Kier alpha value is -2.35. The summed E-state index contributed by atoms with van der Waals surface area (Å²) in [5.41, 5.74) is 2.79. The van der Waals surface area contributed by atoms with Crippen molar-refractivity contribution in [3.8, 4) is 0 Å². The minimum absolute atomic E-state index is 0.0169. The molecule has 3 rings (SSSR count). The van der Waals surface area contributed by atoms with Crippen LogP contribution in [-0.2, 0) is 18.4 Å². The van der Waals surface area contributed by atoms with E-state index >= 15 is 0 Å². The van der Waals surface area contributed by atoms with Crippen molar-refractivity contribution in [1.29, 1.82) is 0 Å². The highest BCUT2D eigenvalue weighted by Crippen LogP contribution is 2.43. The standard InChI is InChI=1S/C35H52N2/c1-4-6-7-8-9-10-11-12-13-14-15-22-28-37-29-27-36-34(37)33(5-2)35(3,32-25-20-17-21-26-32)30-31-23-18-16-19-24-31/h16-21,23-27,29,33H,4-15,22,28,30H2,1-3H3. The number of hydrogen-bond donors (Lipinski definition) is 0. The fraction of sp³-hybridized carbons (Fsp3) is 0.571. The van der Waals surface area contributed by atoms with E-state index in [4.69, 9.17) is 4.98 Å². The number of nitrogens with zero attached hydrogens (tertiary/aromatic N) is 2. The first-order chi connectivity index (χ1) is 18.2. The Bertz CT molecular complexity index is 961. The second-order valence-electron chi connectivity index (χ2n) is 11.3. The molecule has 0 N–H and O–H groups in total. The van der Waals surface area contributed by atoms with Gasteiger partial charge in [-0.2, -0.15) is 0 Å². The van der Waals surface area contributed by atoms with Gasteiger partial charge in [0.1, 0.15) is 5.82 Å². The van der Waals surface area contributed by atoms with E-state index in [2.05, 4.69) is 92.2 Å². The van der Waals surface area contributed by atoms with Crippen molar-refractivity contribution in [2.75, 3.05) is 0 Å². The van der Waals surface area contributed by atoms with Gasteiger partial charge in [-0.3, -0.25) is 0 Å². The molecule has 0 radical (unpaired) electrons. The number of unbranched alkanes of at least 4 members (excludes halogenated alkanes) is 11. The highest BCUT2D eigenvalue weighted by Gasteiger charge is 2.38. The second-order valence-corrected chi connectivity index (χ2v) is 11.3. The van der Waals surface area contributed by atoms with Gasteiger partial charge in [0.05, 0.1) is 0 Å². The summed E-state index contributed by atoms with van der Waals surface area (Å²) in [5.74, 6) is 1.62. The molecule has 1 aromatic heterocycles. The van der Waals surface area contributed by atoms with Crippen molar-refractivity contribution in [3.63, 3.8) is 0 Å². The van der Waals surface area contributed by atoms with Gasteiger partial charge in [-0.15, -0.1) is 0 Å². The number of hydrogen-bond acceptors (Lipinski definition) is 1. The highest BCUT2D eigenvalue weighted by atomic mass is 15.1.